The molecule has 2 N–H and O–H groups in total. The number of benzene rings is 3. The summed E-state index contributed by atoms with van der Waals surface area (Å²) in [5, 5.41) is 15.9. The van der Waals surface area contributed by atoms with E-state index in [1.807, 2.05) is 29.2 Å². The topological polar surface area (TPSA) is 73.8 Å². The van der Waals surface area contributed by atoms with Gasteiger partial charge in [0.25, 0.3) is 0 Å². The van der Waals surface area contributed by atoms with Gasteiger partial charge in [0, 0.05) is 36.5 Å². The van der Waals surface area contributed by atoms with Gasteiger partial charge in [-0.2, -0.15) is 9.97 Å². The number of halogens is 3. The van der Waals surface area contributed by atoms with E-state index < -0.39 is 18.0 Å². The minimum atomic E-state index is -1.03. The van der Waals surface area contributed by atoms with Crippen molar-refractivity contribution in [1.29, 1.82) is 0 Å². The molecule has 1 aromatic heterocycles. The quantitative estimate of drug-likeness (QED) is 0.302. The van der Waals surface area contributed by atoms with Gasteiger partial charge in [-0.1, -0.05) is 35.9 Å². The average molecular weight is 592 g/mol. The number of phenols is 1. The lowest BCUT2D eigenvalue weighted by atomic mass is 9.95. The minimum Gasteiger partial charge on any atom is -0.508 e. The maximum Gasteiger partial charge on any atom is 0.319 e. The fourth-order valence-electron chi connectivity index (χ4n) is 7.94. The van der Waals surface area contributed by atoms with Crippen LogP contribution in [-0.2, 0) is 0 Å². The first-order valence-corrected chi connectivity index (χ1v) is 15.2. The molecule has 0 amide bonds. The number of phenolic OH excluding ortho intramolecular Hbond substituents is 1. The first-order valence-electron chi connectivity index (χ1n) is 14.8. The molecule has 3 atom stereocenters. The third-order valence-electron chi connectivity index (χ3n) is 9.88. The summed E-state index contributed by atoms with van der Waals surface area (Å²) in [6.45, 7) is 3.63. The molecule has 5 heterocycles. The maximum absolute atomic E-state index is 16.8. The summed E-state index contributed by atoms with van der Waals surface area (Å²) in [4.78, 5) is 13.9. The van der Waals surface area contributed by atoms with Crippen LogP contribution in [0.1, 0.15) is 32.1 Å². The monoisotopic (exact) mass is 591 g/mol. The van der Waals surface area contributed by atoms with Gasteiger partial charge in [0.2, 0.25) is 0 Å². The zero-order chi connectivity index (χ0) is 28.6. The number of nitrogens with one attached hydrogen (secondary N) is 1. The van der Waals surface area contributed by atoms with E-state index in [1.165, 1.54) is 6.07 Å². The molecule has 0 radical (unpaired) electrons. The highest BCUT2D eigenvalue weighted by Gasteiger charge is 2.47. The summed E-state index contributed by atoms with van der Waals surface area (Å²) >= 11 is 6.85. The number of aromatic hydroxyl groups is 1. The van der Waals surface area contributed by atoms with Crippen LogP contribution in [0.5, 0.6) is 11.8 Å². The molecule has 42 heavy (non-hydrogen) atoms. The van der Waals surface area contributed by atoms with Crippen LogP contribution in [-0.4, -0.2) is 76.6 Å². The summed E-state index contributed by atoms with van der Waals surface area (Å²) in [5.74, 6) is -0.162. The Balaban J connectivity index is 1.31. The van der Waals surface area contributed by atoms with Crippen LogP contribution in [0.2, 0.25) is 5.02 Å². The van der Waals surface area contributed by atoms with E-state index in [4.69, 9.17) is 21.3 Å². The Morgan fingerprint density at radius 3 is 2.69 bits per heavy atom. The highest BCUT2D eigenvalue weighted by Crippen LogP contribution is 2.45. The Labute approximate surface area is 247 Å². The molecule has 7 nitrogen and oxygen atoms in total. The SMILES string of the molecule is Oc1cc(-c2c(Cl)cc3c(N4C5CNCC4C(F)C5)nc(OCC45CCCN4CCC5)nc3c2F)c2ccccc2c1. The number of fused-ring (bicyclic) bond motifs is 5. The maximum atomic E-state index is 16.8. The van der Waals surface area contributed by atoms with Gasteiger partial charge in [-0.25, -0.2) is 8.78 Å². The van der Waals surface area contributed by atoms with E-state index in [0.717, 1.165) is 49.5 Å². The zero-order valence-electron chi connectivity index (χ0n) is 23.1. The molecule has 3 unspecified atom stereocenters. The molecule has 8 rings (SSSR count). The van der Waals surface area contributed by atoms with Gasteiger partial charge >= 0.3 is 6.01 Å². The van der Waals surface area contributed by atoms with Crippen molar-refractivity contribution < 1.29 is 18.6 Å². The third-order valence-corrected chi connectivity index (χ3v) is 10.2. The van der Waals surface area contributed by atoms with Gasteiger partial charge in [-0.05, 0) is 73.3 Å². The van der Waals surface area contributed by atoms with Crippen molar-refractivity contribution in [2.45, 2.75) is 55.9 Å². The van der Waals surface area contributed by atoms with E-state index in [9.17, 15) is 5.11 Å². The van der Waals surface area contributed by atoms with E-state index in [2.05, 4.69) is 15.2 Å². The van der Waals surface area contributed by atoms with Crippen LogP contribution in [0.4, 0.5) is 14.6 Å². The Morgan fingerprint density at radius 1 is 1.07 bits per heavy atom. The summed E-state index contributed by atoms with van der Waals surface area (Å²) in [6, 6.07) is 11.8. The highest BCUT2D eigenvalue weighted by molar-refractivity contribution is 6.35. The lowest BCUT2D eigenvalue weighted by molar-refractivity contribution is 0.108. The second-order valence-electron chi connectivity index (χ2n) is 12.2. The lowest BCUT2D eigenvalue weighted by Gasteiger charge is -2.37. The van der Waals surface area contributed by atoms with Gasteiger partial charge in [-0.15, -0.1) is 0 Å². The number of rotatable bonds is 5. The van der Waals surface area contributed by atoms with E-state index in [1.54, 1.807) is 12.1 Å². The standard InChI is InChI=1S/C32H32ClF2N5O2/c33-24-14-23-29(28(35)27(24)22-13-20(41)11-18-5-1-2-6-21(18)22)37-31(42-17-32-7-3-9-39(32)10-4-8-32)38-30(23)40-19-12-25(34)26(40)16-36-15-19/h1-2,5-6,11,13-14,19,25-26,36,41H,3-4,7-10,12,15-17H2. The molecule has 218 valence electrons. The van der Waals surface area contributed by atoms with Crippen molar-refractivity contribution in [2.75, 3.05) is 37.7 Å². The average Bonchev–Trinajstić information content (AvgIpc) is 3.61. The van der Waals surface area contributed by atoms with Crippen molar-refractivity contribution in [2.24, 2.45) is 0 Å². The molecule has 0 spiro atoms. The van der Waals surface area contributed by atoms with Crippen LogP contribution in [0.3, 0.4) is 0 Å². The molecule has 0 aliphatic carbocycles. The highest BCUT2D eigenvalue weighted by atomic mass is 35.5. The fourth-order valence-corrected chi connectivity index (χ4v) is 8.23. The van der Waals surface area contributed by atoms with Crippen LogP contribution in [0.15, 0.2) is 42.5 Å². The van der Waals surface area contributed by atoms with E-state index in [-0.39, 0.29) is 39.4 Å². The third kappa shape index (κ3) is 4.04. The van der Waals surface area contributed by atoms with Gasteiger partial charge < -0.3 is 20.1 Å². The van der Waals surface area contributed by atoms with Gasteiger partial charge in [0.05, 0.1) is 16.6 Å². The Kier molecular flexibility index (Phi) is 6.21. The number of ether oxygens (including phenoxy) is 1. The smallest absolute Gasteiger partial charge is 0.319 e. The molecule has 0 saturated carbocycles. The normalized spacial score (nSPS) is 25.0. The molecule has 4 fully saturated rings. The Hall–Kier alpha value is -3.27. The molecular formula is C32H32ClF2N5O2. The predicted molar refractivity (Wildman–Crippen MR) is 160 cm³/mol. The van der Waals surface area contributed by atoms with Gasteiger partial charge in [0.15, 0.2) is 5.82 Å². The van der Waals surface area contributed by atoms with Crippen LogP contribution >= 0.6 is 11.6 Å². The largest absolute Gasteiger partial charge is 0.508 e. The van der Waals surface area contributed by atoms with Crippen LogP contribution in [0, 0.1) is 5.82 Å². The molecule has 4 aliphatic heterocycles. The van der Waals surface area contributed by atoms with Gasteiger partial charge in [0.1, 0.15) is 29.9 Å². The second-order valence-corrected chi connectivity index (χ2v) is 12.6. The van der Waals surface area contributed by atoms with Crippen LogP contribution in [0.25, 0.3) is 32.8 Å². The summed E-state index contributed by atoms with van der Waals surface area (Å²) in [6.07, 6.45) is 3.71. The minimum absolute atomic E-state index is 0.00924. The van der Waals surface area contributed by atoms with E-state index >= 15 is 8.78 Å². The number of hydrogen-bond acceptors (Lipinski definition) is 7. The number of alkyl halides is 1. The first kappa shape index (κ1) is 26.4. The number of nitrogens with zero attached hydrogens (tertiary/aromatic N) is 4. The number of aromatic nitrogens is 2. The molecule has 3 aromatic carbocycles. The number of hydrogen-bond donors (Lipinski definition) is 2. The summed E-state index contributed by atoms with van der Waals surface area (Å²) < 4.78 is 38.3. The van der Waals surface area contributed by atoms with Crippen molar-refractivity contribution in [3.05, 3.63) is 53.3 Å². The second kappa shape index (κ2) is 9.89. The summed E-state index contributed by atoms with van der Waals surface area (Å²) in [7, 11) is 0. The summed E-state index contributed by atoms with van der Waals surface area (Å²) in [5.41, 5.74) is 0.646. The first-order chi connectivity index (χ1) is 20.4. The van der Waals surface area contributed by atoms with E-state index in [0.29, 0.717) is 42.9 Å². The van der Waals surface area contributed by atoms with Gasteiger partial charge in [-0.3, -0.25) is 4.90 Å². The molecule has 2 bridgehead atoms. The Bertz CT molecular complexity index is 1710. The fraction of sp³-hybridized carbons (Fsp3) is 0.438. The number of anilines is 1. The molecule has 4 saturated heterocycles. The van der Waals surface area contributed by atoms with Crippen LogP contribution < -0.4 is 15.0 Å². The van der Waals surface area contributed by atoms with Crippen molar-refractivity contribution in [1.82, 2.24) is 20.2 Å². The van der Waals surface area contributed by atoms with Crippen molar-refractivity contribution >= 4 is 39.1 Å². The lowest BCUT2D eigenvalue weighted by Crippen LogP contribution is -2.53. The molecule has 10 heteroatoms. The molecular weight excluding hydrogens is 560 g/mol. The van der Waals surface area contributed by atoms with Crippen molar-refractivity contribution in [3.8, 4) is 22.9 Å². The molecule has 4 aromatic rings. The zero-order valence-corrected chi connectivity index (χ0v) is 23.9. The molecule has 4 aliphatic rings. The van der Waals surface area contributed by atoms with Crippen molar-refractivity contribution in [3.63, 3.8) is 0 Å². The number of piperazine rings is 1. The predicted octanol–water partition coefficient (Wildman–Crippen LogP) is 5.84. The Morgan fingerprint density at radius 2 is 1.88 bits per heavy atom.